The summed E-state index contributed by atoms with van der Waals surface area (Å²) in [5.74, 6) is 0.617. The van der Waals surface area contributed by atoms with Gasteiger partial charge >= 0.3 is 0 Å². The van der Waals surface area contributed by atoms with E-state index in [1.807, 2.05) is 18.2 Å². The molecule has 0 spiro atoms. The topological polar surface area (TPSA) is 38.3 Å². The first-order valence-electron chi connectivity index (χ1n) is 6.26. The van der Waals surface area contributed by atoms with Crippen molar-refractivity contribution in [2.75, 3.05) is 12.4 Å². The number of hydrogen-bond donors (Lipinski definition) is 1. The van der Waals surface area contributed by atoms with E-state index in [9.17, 15) is 4.79 Å². The highest BCUT2D eigenvalue weighted by Gasteiger charge is 2.20. The number of carbonyl (C=O) groups excluding carboxylic acids is 1. The molecule has 19 heavy (non-hydrogen) atoms. The highest BCUT2D eigenvalue weighted by molar-refractivity contribution is 5.93. The van der Waals surface area contributed by atoms with Gasteiger partial charge < -0.3 is 10.1 Å². The Labute approximate surface area is 112 Å². The lowest BCUT2D eigenvalue weighted by Crippen LogP contribution is -2.07. The number of methoxy groups -OCH3 is 1. The van der Waals surface area contributed by atoms with Crippen LogP contribution in [0, 0.1) is 0 Å². The predicted octanol–water partition coefficient (Wildman–Crippen LogP) is 3.22. The van der Waals surface area contributed by atoms with E-state index in [0.717, 1.165) is 12.1 Å². The number of anilines is 1. The number of nitrogens with one attached hydrogen (secondary N) is 1. The van der Waals surface area contributed by atoms with Crippen molar-refractivity contribution >= 4 is 11.6 Å². The van der Waals surface area contributed by atoms with Gasteiger partial charge in [-0.05, 0) is 40.8 Å². The quantitative estimate of drug-likeness (QED) is 0.761. The van der Waals surface area contributed by atoms with Gasteiger partial charge in [-0.1, -0.05) is 24.3 Å². The van der Waals surface area contributed by atoms with Gasteiger partial charge in [0.2, 0.25) is 5.91 Å². The molecule has 3 nitrogen and oxygen atoms in total. The Kier molecular flexibility index (Phi) is 2.75. The third-order valence-electron chi connectivity index (χ3n) is 3.42. The molecule has 3 heteroatoms. The third-order valence-corrected chi connectivity index (χ3v) is 3.42. The van der Waals surface area contributed by atoms with Crippen LogP contribution in [0.2, 0.25) is 0 Å². The van der Waals surface area contributed by atoms with Crippen LogP contribution in [-0.2, 0) is 11.2 Å². The first-order chi connectivity index (χ1) is 9.19. The molecule has 2 aromatic carbocycles. The number of amides is 1. The number of rotatable bonds is 2. The van der Waals surface area contributed by atoms with E-state index in [1.165, 1.54) is 29.2 Å². The highest BCUT2D eigenvalue weighted by Crippen LogP contribution is 2.41. The first-order valence-corrected chi connectivity index (χ1v) is 6.26. The molecule has 0 aromatic heterocycles. The van der Waals surface area contributed by atoms with Crippen LogP contribution in [0.3, 0.4) is 0 Å². The summed E-state index contributed by atoms with van der Waals surface area (Å²) in [4.78, 5) is 11.3. The smallest absolute Gasteiger partial charge is 0.221 e. The van der Waals surface area contributed by atoms with Crippen molar-refractivity contribution in [3.8, 4) is 16.9 Å². The van der Waals surface area contributed by atoms with E-state index in [-0.39, 0.29) is 5.91 Å². The van der Waals surface area contributed by atoms with Gasteiger partial charge in [0.1, 0.15) is 5.75 Å². The van der Waals surface area contributed by atoms with Gasteiger partial charge in [-0.3, -0.25) is 4.79 Å². The molecular formula is C16H15NO2. The fourth-order valence-corrected chi connectivity index (χ4v) is 2.62. The molecular weight excluding hydrogens is 238 g/mol. The number of benzene rings is 2. The number of carbonyl (C=O) groups is 1. The third kappa shape index (κ3) is 1.97. The summed E-state index contributed by atoms with van der Waals surface area (Å²) in [7, 11) is 1.62. The first kappa shape index (κ1) is 11.8. The zero-order valence-electron chi connectivity index (χ0n) is 11.0. The molecule has 0 saturated carbocycles. The molecule has 3 rings (SSSR count). The van der Waals surface area contributed by atoms with Gasteiger partial charge in [0.25, 0.3) is 0 Å². The van der Waals surface area contributed by atoms with Crippen molar-refractivity contribution in [2.24, 2.45) is 0 Å². The molecule has 0 aliphatic heterocycles. The fraction of sp³-hybridized carbons (Fsp3) is 0.188. The van der Waals surface area contributed by atoms with Crippen LogP contribution >= 0.6 is 0 Å². The maximum atomic E-state index is 11.3. The minimum atomic E-state index is -0.0930. The molecule has 96 valence electrons. The number of hydrogen-bond acceptors (Lipinski definition) is 2. The second-order valence-electron chi connectivity index (χ2n) is 4.72. The molecule has 0 heterocycles. The lowest BCUT2D eigenvalue weighted by Gasteiger charge is -2.12. The molecule has 0 saturated heterocycles. The molecule has 1 amide bonds. The van der Waals surface area contributed by atoms with E-state index in [2.05, 4.69) is 23.5 Å². The Balaban J connectivity index is 2.14. The second-order valence-corrected chi connectivity index (χ2v) is 4.72. The lowest BCUT2D eigenvalue weighted by atomic mass is 10.0. The summed E-state index contributed by atoms with van der Waals surface area (Å²) in [6.07, 6.45) is 0.919. The van der Waals surface area contributed by atoms with Crippen LogP contribution in [0.15, 0.2) is 36.4 Å². The summed E-state index contributed by atoms with van der Waals surface area (Å²) in [6.45, 7) is 1.50. The van der Waals surface area contributed by atoms with Crippen LogP contribution in [0.4, 0.5) is 5.69 Å². The normalized spacial score (nSPS) is 11.7. The van der Waals surface area contributed by atoms with Gasteiger partial charge in [-0.2, -0.15) is 0 Å². The summed E-state index contributed by atoms with van der Waals surface area (Å²) in [5.41, 5.74) is 5.71. The minimum absolute atomic E-state index is 0.0930. The Morgan fingerprint density at radius 2 is 1.95 bits per heavy atom. The lowest BCUT2D eigenvalue weighted by molar-refractivity contribution is -0.114. The Morgan fingerprint density at radius 1 is 1.16 bits per heavy atom. The van der Waals surface area contributed by atoms with Gasteiger partial charge in [0.05, 0.1) is 12.8 Å². The zero-order valence-corrected chi connectivity index (χ0v) is 11.0. The largest absolute Gasteiger partial charge is 0.495 e. The van der Waals surface area contributed by atoms with Gasteiger partial charge in [0, 0.05) is 6.92 Å². The van der Waals surface area contributed by atoms with Crippen LogP contribution in [0.25, 0.3) is 11.1 Å². The van der Waals surface area contributed by atoms with Crippen molar-refractivity contribution in [3.05, 3.63) is 47.5 Å². The molecule has 0 atom stereocenters. The Morgan fingerprint density at radius 3 is 2.68 bits per heavy atom. The molecule has 0 bridgehead atoms. The molecule has 1 aliphatic carbocycles. The molecule has 1 aliphatic rings. The van der Waals surface area contributed by atoms with Crippen molar-refractivity contribution in [1.82, 2.24) is 0 Å². The van der Waals surface area contributed by atoms with E-state index >= 15 is 0 Å². The Bertz CT molecular complexity index is 662. The Hall–Kier alpha value is -2.29. The maximum Gasteiger partial charge on any atom is 0.221 e. The van der Waals surface area contributed by atoms with Crippen LogP contribution in [0.5, 0.6) is 5.75 Å². The van der Waals surface area contributed by atoms with E-state index in [1.54, 1.807) is 7.11 Å². The standard InChI is InChI=1S/C16H15NO2/c1-10(18)17-15-9-14-12(8-16(15)19-2)7-11-5-3-4-6-13(11)14/h3-6,8-9H,7H2,1-2H3,(H,17,18). The molecule has 0 unspecified atom stereocenters. The molecule has 2 aromatic rings. The van der Waals surface area contributed by atoms with Crippen molar-refractivity contribution in [1.29, 1.82) is 0 Å². The summed E-state index contributed by atoms with van der Waals surface area (Å²) in [5, 5.41) is 2.82. The van der Waals surface area contributed by atoms with Crippen molar-refractivity contribution < 1.29 is 9.53 Å². The fourth-order valence-electron chi connectivity index (χ4n) is 2.62. The van der Waals surface area contributed by atoms with Crippen molar-refractivity contribution in [3.63, 3.8) is 0 Å². The zero-order chi connectivity index (χ0) is 13.4. The monoisotopic (exact) mass is 253 g/mol. The van der Waals surface area contributed by atoms with Gasteiger partial charge in [0.15, 0.2) is 0 Å². The number of ether oxygens (including phenoxy) is 1. The van der Waals surface area contributed by atoms with Gasteiger partial charge in [-0.15, -0.1) is 0 Å². The average molecular weight is 253 g/mol. The average Bonchev–Trinajstić information content (AvgIpc) is 2.75. The van der Waals surface area contributed by atoms with Crippen LogP contribution < -0.4 is 10.1 Å². The molecule has 1 N–H and O–H groups in total. The summed E-state index contributed by atoms with van der Waals surface area (Å²) >= 11 is 0. The summed E-state index contributed by atoms with van der Waals surface area (Å²) < 4.78 is 5.36. The minimum Gasteiger partial charge on any atom is -0.495 e. The maximum absolute atomic E-state index is 11.3. The predicted molar refractivity (Wildman–Crippen MR) is 75.5 cm³/mol. The molecule has 0 fully saturated rings. The van der Waals surface area contributed by atoms with Gasteiger partial charge in [-0.25, -0.2) is 0 Å². The molecule has 0 radical (unpaired) electrons. The number of fused-ring (bicyclic) bond motifs is 3. The van der Waals surface area contributed by atoms with Crippen LogP contribution in [0.1, 0.15) is 18.1 Å². The van der Waals surface area contributed by atoms with E-state index < -0.39 is 0 Å². The van der Waals surface area contributed by atoms with E-state index in [4.69, 9.17) is 4.74 Å². The second kappa shape index (κ2) is 4.43. The van der Waals surface area contributed by atoms with Crippen molar-refractivity contribution in [2.45, 2.75) is 13.3 Å². The SMILES string of the molecule is COc1cc2c(cc1NC(C)=O)-c1ccccc1C2. The van der Waals surface area contributed by atoms with E-state index in [0.29, 0.717) is 5.75 Å². The van der Waals surface area contributed by atoms with Crippen LogP contribution in [-0.4, -0.2) is 13.0 Å². The highest BCUT2D eigenvalue weighted by atomic mass is 16.5. The summed E-state index contributed by atoms with van der Waals surface area (Å²) in [6, 6.07) is 12.4.